The lowest BCUT2D eigenvalue weighted by molar-refractivity contribution is -0.117. The van der Waals surface area contributed by atoms with Crippen LogP contribution in [-0.4, -0.2) is 19.1 Å². The van der Waals surface area contributed by atoms with Gasteiger partial charge in [0, 0.05) is 25.3 Å². The number of carbonyl (C=O) groups excluding carboxylic acids is 1. The van der Waals surface area contributed by atoms with E-state index in [4.69, 9.17) is 4.74 Å². The third-order valence-electron chi connectivity index (χ3n) is 3.51. The molecule has 18 heavy (non-hydrogen) atoms. The summed E-state index contributed by atoms with van der Waals surface area (Å²) in [5, 5.41) is 2.98. The molecule has 3 heteroatoms. The molecule has 0 unspecified atom stereocenters. The first-order chi connectivity index (χ1) is 8.69. The molecule has 1 aliphatic rings. The smallest absolute Gasteiger partial charge is 0.224 e. The normalized spacial score (nSPS) is 18.9. The van der Waals surface area contributed by atoms with Crippen LogP contribution in [0.25, 0.3) is 0 Å². The second kappa shape index (κ2) is 6.01. The maximum absolute atomic E-state index is 11.9. The Balaban J connectivity index is 1.93. The highest BCUT2D eigenvalue weighted by Gasteiger charge is 2.19. The molecule has 1 fully saturated rings. The van der Waals surface area contributed by atoms with Crippen molar-refractivity contribution in [1.82, 2.24) is 0 Å². The van der Waals surface area contributed by atoms with E-state index in [0.717, 1.165) is 31.7 Å². The monoisotopic (exact) mass is 247 g/mol. The van der Waals surface area contributed by atoms with E-state index in [1.165, 1.54) is 11.1 Å². The molecular weight excluding hydrogens is 226 g/mol. The quantitative estimate of drug-likeness (QED) is 0.888. The van der Waals surface area contributed by atoms with Crippen LogP contribution in [-0.2, 0) is 16.0 Å². The maximum atomic E-state index is 11.9. The first-order valence-corrected chi connectivity index (χ1v) is 6.66. The molecule has 1 aliphatic heterocycles. The topological polar surface area (TPSA) is 38.3 Å². The zero-order valence-corrected chi connectivity index (χ0v) is 11.2. The van der Waals surface area contributed by atoms with E-state index in [1.54, 1.807) is 0 Å². The second-order valence-corrected chi connectivity index (χ2v) is 4.98. The van der Waals surface area contributed by atoms with Gasteiger partial charge in [0.05, 0.1) is 0 Å². The lowest BCUT2D eigenvalue weighted by Crippen LogP contribution is -2.16. The number of carbonyl (C=O) groups is 1. The molecule has 0 radical (unpaired) electrons. The Morgan fingerprint density at radius 2 is 2.33 bits per heavy atom. The van der Waals surface area contributed by atoms with E-state index in [-0.39, 0.29) is 5.91 Å². The summed E-state index contributed by atoms with van der Waals surface area (Å²) >= 11 is 0. The van der Waals surface area contributed by atoms with E-state index in [2.05, 4.69) is 31.3 Å². The van der Waals surface area contributed by atoms with Crippen LogP contribution in [0.15, 0.2) is 18.2 Å². The Morgan fingerprint density at radius 3 is 3.00 bits per heavy atom. The number of rotatable bonds is 4. The molecule has 1 amide bonds. The molecule has 1 aromatic rings. The average Bonchev–Trinajstić information content (AvgIpc) is 2.84. The molecule has 98 valence electrons. The first-order valence-electron chi connectivity index (χ1n) is 6.66. The molecule has 1 atom stereocenters. The van der Waals surface area contributed by atoms with Crippen LogP contribution in [0.3, 0.4) is 0 Å². The summed E-state index contributed by atoms with van der Waals surface area (Å²) in [5.74, 6) is 0.484. The highest BCUT2D eigenvalue weighted by molar-refractivity contribution is 5.91. The summed E-state index contributed by atoms with van der Waals surface area (Å²) < 4.78 is 5.28. The van der Waals surface area contributed by atoms with E-state index in [1.807, 2.05) is 6.07 Å². The molecule has 0 aromatic heterocycles. The van der Waals surface area contributed by atoms with Crippen LogP contribution in [0, 0.1) is 12.8 Å². The van der Waals surface area contributed by atoms with Gasteiger partial charge < -0.3 is 10.1 Å². The van der Waals surface area contributed by atoms with Crippen molar-refractivity contribution >= 4 is 11.6 Å². The van der Waals surface area contributed by atoms with Crippen LogP contribution in [0.1, 0.15) is 30.9 Å². The van der Waals surface area contributed by atoms with Crippen LogP contribution in [0.2, 0.25) is 0 Å². The van der Waals surface area contributed by atoms with Crippen LogP contribution < -0.4 is 5.32 Å². The molecule has 0 aliphatic carbocycles. The molecule has 2 rings (SSSR count). The van der Waals surface area contributed by atoms with Gasteiger partial charge in [-0.3, -0.25) is 4.79 Å². The molecule has 0 saturated carbocycles. The maximum Gasteiger partial charge on any atom is 0.224 e. The fourth-order valence-corrected chi connectivity index (χ4v) is 2.35. The van der Waals surface area contributed by atoms with Crippen molar-refractivity contribution in [2.75, 3.05) is 18.5 Å². The van der Waals surface area contributed by atoms with Crippen LogP contribution in [0.5, 0.6) is 0 Å². The molecule has 1 aromatic carbocycles. The number of nitrogens with one attached hydrogen (secondary N) is 1. The van der Waals surface area contributed by atoms with Crippen LogP contribution >= 0.6 is 0 Å². The van der Waals surface area contributed by atoms with E-state index in [0.29, 0.717) is 12.3 Å². The lowest BCUT2D eigenvalue weighted by atomic mass is 10.0. The highest BCUT2D eigenvalue weighted by Crippen LogP contribution is 2.19. The van der Waals surface area contributed by atoms with Gasteiger partial charge in [-0.05, 0) is 48.9 Å². The van der Waals surface area contributed by atoms with Crippen molar-refractivity contribution in [1.29, 1.82) is 0 Å². The predicted molar refractivity (Wildman–Crippen MR) is 72.7 cm³/mol. The van der Waals surface area contributed by atoms with Gasteiger partial charge in [-0.25, -0.2) is 0 Å². The van der Waals surface area contributed by atoms with E-state index in [9.17, 15) is 4.79 Å². The third kappa shape index (κ3) is 3.33. The average molecular weight is 247 g/mol. The molecular formula is C15H21NO2. The molecule has 0 bridgehead atoms. The van der Waals surface area contributed by atoms with Crippen LogP contribution in [0.4, 0.5) is 5.69 Å². The molecule has 3 nitrogen and oxygen atoms in total. The lowest BCUT2D eigenvalue weighted by Gasteiger charge is -2.11. The number of benzene rings is 1. The number of aryl methyl sites for hydroxylation is 2. The Kier molecular flexibility index (Phi) is 4.37. The Bertz CT molecular complexity index is 423. The zero-order valence-electron chi connectivity index (χ0n) is 11.2. The van der Waals surface area contributed by atoms with Gasteiger partial charge in [0.25, 0.3) is 0 Å². The zero-order chi connectivity index (χ0) is 13.0. The van der Waals surface area contributed by atoms with Gasteiger partial charge in [0.1, 0.15) is 0 Å². The van der Waals surface area contributed by atoms with Gasteiger partial charge in [-0.2, -0.15) is 0 Å². The minimum Gasteiger partial charge on any atom is -0.381 e. The summed E-state index contributed by atoms with van der Waals surface area (Å²) in [6.07, 6.45) is 2.56. The number of ether oxygens (including phenoxy) is 1. The van der Waals surface area contributed by atoms with Gasteiger partial charge in [-0.15, -0.1) is 0 Å². The first kappa shape index (κ1) is 13.1. The van der Waals surface area contributed by atoms with E-state index >= 15 is 0 Å². The predicted octanol–water partition coefficient (Wildman–Crippen LogP) is 2.92. The largest absolute Gasteiger partial charge is 0.381 e. The molecule has 1 heterocycles. The fourth-order valence-electron chi connectivity index (χ4n) is 2.35. The van der Waals surface area contributed by atoms with Crippen molar-refractivity contribution in [2.24, 2.45) is 5.92 Å². The number of anilines is 1. The van der Waals surface area contributed by atoms with Gasteiger partial charge in [0.2, 0.25) is 5.91 Å². The van der Waals surface area contributed by atoms with Crippen molar-refractivity contribution in [3.8, 4) is 0 Å². The Labute approximate surface area is 109 Å². The number of amides is 1. The summed E-state index contributed by atoms with van der Waals surface area (Å²) in [6, 6.07) is 6.10. The van der Waals surface area contributed by atoms with Gasteiger partial charge in [0.15, 0.2) is 0 Å². The SMILES string of the molecule is CCc1cc(NC(=O)C[C@H]2CCOC2)ccc1C. The van der Waals surface area contributed by atoms with E-state index < -0.39 is 0 Å². The molecule has 0 spiro atoms. The second-order valence-electron chi connectivity index (χ2n) is 4.98. The number of hydrogen-bond donors (Lipinski definition) is 1. The molecule has 1 saturated heterocycles. The Morgan fingerprint density at radius 1 is 1.50 bits per heavy atom. The summed E-state index contributed by atoms with van der Waals surface area (Å²) in [5.41, 5.74) is 3.47. The number of hydrogen-bond acceptors (Lipinski definition) is 2. The van der Waals surface area contributed by atoms with Crippen molar-refractivity contribution in [3.05, 3.63) is 29.3 Å². The summed E-state index contributed by atoms with van der Waals surface area (Å²) in [4.78, 5) is 11.9. The Hall–Kier alpha value is -1.35. The minimum absolute atomic E-state index is 0.0939. The standard InChI is InChI=1S/C15H21NO2/c1-3-13-9-14(5-4-11(13)2)16-15(17)8-12-6-7-18-10-12/h4-5,9,12H,3,6-8,10H2,1-2H3,(H,16,17)/t12-/m1/s1. The van der Waals surface area contributed by atoms with Gasteiger partial charge in [-0.1, -0.05) is 13.0 Å². The summed E-state index contributed by atoms with van der Waals surface area (Å²) in [7, 11) is 0. The third-order valence-corrected chi connectivity index (χ3v) is 3.51. The fraction of sp³-hybridized carbons (Fsp3) is 0.533. The van der Waals surface area contributed by atoms with Crippen molar-refractivity contribution in [2.45, 2.75) is 33.1 Å². The van der Waals surface area contributed by atoms with Gasteiger partial charge >= 0.3 is 0 Å². The summed E-state index contributed by atoms with van der Waals surface area (Å²) in [6.45, 7) is 5.74. The van der Waals surface area contributed by atoms with Crippen molar-refractivity contribution in [3.63, 3.8) is 0 Å². The molecule has 1 N–H and O–H groups in total. The minimum atomic E-state index is 0.0939. The highest BCUT2D eigenvalue weighted by atomic mass is 16.5. The van der Waals surface area contributed by atoms with Crippen molar-refractivity contribution < 1.29 is 9.53 Å².